The third-order valence-corrected chi connectivity index (χ3v) is 6.69. The molecule has 1 aromatic carbocycles. The standard InChI is InChI=1S/C23H29F3N4O2/c1-21(2,3)20(32)29-9-7-22(8-10-29)14-30(13-18(22)19(31)28-4)16-6-5-15(12-27)17(11-16)23(24,25)26/h5-6,11,18H,7-10,13-14H2,1-4H3,(H,28,31). The zero-order chi connectivity index (χ0) is 23.9. The van der Waals surface area contributed by atoms with E-state index in [1.807, 2.05) is 25.7 Å². The summed E-state index contributed by atoms with van der Waals surface area (Å²) in [7, 11) is 1.56. The van der Waals surface area contributed by atoms with Gasteiger partial charge in [-0.2, -0.15) is 18.4 Å². The van der Waals surface area contributed by atoms with Gasteiger partial charge in [-0.25, -0.2) is 0 Å². The van der Waals surface area contributed by atoms with Crippen molar-refractivity contribution >= 4 is 17.5 Å². The van der Waals surface area contributed by atoms with Gasteiger partial charge in [-0.15, -0.1) is 0 Å². The van der Waals surface area contributed by atoms with Crippen LogP contribution in [-0.4, -0.2) is 49.9 Å². The number of likely N-dealkylation sites (tertiary alicyclic amines) is 1. The molecular weight excluding hydrogens is 421 g/mol. The minimum absolute atomic E-state index is 0.0561. The van der Waals surface area contributed by atoms with Gasteiger partial charge >= 0.3 is 6.18 Å². The van der Waals surface area contributed by atoms with Crippen LogP contribution >= 0.6 is 0 Å². The van der Waals surface area contributed by atoms with E-state index in [0.717, 1.165) is 6.07 Å². The number of anilines is 1. The van der Waals surface area contributed by atoms with Crippen molar-refractivity contribution in [2.24, 2.45) is 16.7 Å². The molecule has 1 spiro atoms. The molecule has 1 unspecified atom stereocenters. The number of hydrogen-bond acceptors (Lipinski definition) is 4. The minimum Gasteiger partial charge on any atom is -0.370 e. The predicted molar refractivity (Wildman–Crippen MR) is 114 cm³/mol. The van der Waals surface area contributed by atoms with Crippen molar-refractivity contribution in [2.45, 2.75) is 39.8 Å². The van der Waals surface area contributed by atoms with Crippen molar-refractivity contribution in [3.63, 3.8) is 0 Å². The van der Waals surface area contributed by atoms with Crippen LogP contribution in [0.1, 0.15) is 44.7 Å². The lowest BCUT2D eigenvalue weighted by Gasteiger charge is -2.43. The van der Waals surface area contributed by atoms with Crippen LogP contribution in [0.15, 0.2) is 18.2 Å². The predicted octanol–water partition coefficient (Wildman–Crippen LogP) is 3.41. The molecule has 0 aromatic heterocycles. The molecule has 1 aromatic rings. The Balaban J connectivity index is 1.89. The Morgan fingerprint density at radius 2 is 1.81 bits per heavy atom. The Hall–Kier alpha value is -2.76. The number of amides is 2. The van der Waals surface area contributed by atoms with E-state index in [1.165, 1.54) is 12.1 Å². The number of alkyl halides is 3. The first-order valence-corrected chi connectivity index (χ1v) is 10.7. The molecule has 2 aliphatic heterocycles. The normalized spacial score (nSPS) is 20.9. The fraction of sp³-hybridized carbons (Fsp3) is 0.609. The van der Waals surface area contributed by atoms with Crippen LogP contribution in [0.3, 0.4) is 0 Å². The number of nitriles is 1. The summed E-state index contributed by atoms with van der Waals surface area (Å²) in [6, 6.07) is 5.29. The first kappa shape index (κ1) is 23.9. The summed E-state index contributed by atoms with van der Waals surface area (Å²) in [5.41, 5.74) is -1.98. The van der Waals surface area contributed by atoms with Crippen LogP contribution in [0, 0.1) is 28.1 Å². The average molecular weight is 451 g/mol. The zero-order valence-corrected chi connectivity index (χ0v) is 18.8. The minimum atomic E-state index is -4.64. The largest absolute Gasteiger partial charge is 0.417 e. The third kappa shape index (κ3) is 4.41. The molecule has 174 valence electrons. The molecule has 6 nitrogen and oxygen atoms in total. The van der Waals surface area contributed by atoms with Crippen molar-refractivity contribution in [3.05, 3.63) is 29.3 Å². The van der Waals surface area contributed by atoms with Gasteiger partial charge in [0.2, 0.25) is 11.8 Å². The second kappa shape index (κ2) is 8.30. The molecule has 9 heteroatoms. The number of rotatable bonds is 2. The summed E-state index contributed by atoms with van der Waals surface area (Å²) in [6.45, 7) is 7.34. The smallest absolute Gasteiger partial charge is 0.370 e. The van der Waals surface area contributed by atoms with Gasteiger partial charge in [-0.05, 0) is 31.0 Å². The molecule has 0 aliphatic carbocycles. The van der Waals surface area contributed by atoms with Crippen LogP contribution in [-0.2, 0) is 15.8 Å². The molecule has 0 radical (unpaired) electrons. The fourth-order valence-corrected chi connectivity index (χ4v) is 4.90. The summed E-state index contributed by atoms with van der Waals surface area (Å²) in [6.07, 6.45) is -3.44. The molecule has 2 fully saturated rings. The van der Waals surface area contributed by atoms with E-state index in [9.17, 15) is 22.8 Å². The highest BCUT2D eigenvalue weighted by Crippen LogP contribution is 2.47. The molecule has 32 heavy (non-hydrogen) atoms. The lowest BCUT2D eigenvalue weighted by atomic mass is 9.70. The SMILES string of the molecule is CNC(=O)C1CN(c2ccc(C#N)c(C(F)(F)F)c2)CC12CCN(C(=O)C(C)(C)C)CC2. The van der Waals surface area contributed by atoms with Gasteiger partial charge in [0.15, 0.2) is 0 Å². The topological polar surface area (TPSA) is 76.4 Å². The number of hydrogen-bond donors (Lipinski definition) is 1. The monoisotopic (exact) mass is 450 g/mol. The van der Waals surface area contributed by atoms with Gasteiger partial charge in [0, 0.05) is 49.7 Å². The number of nitrogens with one attached hydrogen (secondary N) is 1. The molecule has 0 bridgehead atoms. The van der Waals surface area contributed by atoms with E-state index in [2.05, 4.69) is 5.32 Å². The van der Waals surface area contributed by atoms with Crippen molar-refractivity contribution in [3.8, 4) is 6.07 Å². The maximum absolute atomic E-state index is 13.5. The Labute approximate surface area is 186 Å². The Morgan fingerprint density at radius 1 is 1.19 bits per heavy atom. The van der Waals surface area contributed by atoms with Crippen molar-refractivity contribution in [2.75, 3.05) is 38.1 Å². The maximum atomic E-state index is 13.5. The number of piperidine rings is 1. The molecule has 2 amide bonds. The van der Waals surface area contributed by atoms with Crippen molar-refractivity contribution in [1.82, 2.24) is 10.2 Å². The first-order valence-electron chi connectivity index (χ1n) is 10.7. The molecular formula is C23H29F3N4O2. The second-order valence-electron chi connectivity index (χ2n) is 9.79. The fourth-order valence-electron chi connectivity index (χ4n) is 4.90. The van der Waals surface area contributed by atoms with Crippen molar-refractivity contribution < 1.29 is 22.8 Å². The summed E-state index contributed by atoms with van der Waals surface area (Å²) in [5, 5.41) is 11.8. The first-order chi connectivity index (χ1) is 14.8. The van der Waals surface area contributed by atoms with E-state index in [0.29, 0.717) is 38.2 Å². The zero-order valence-electron chi connectivity index (χ0n) is 18.8. The number of benzene rings is 1. The molecule has 2 saturated heterocycles. The molecule has 2 heterocycles. The number of carbonyl (C=O) groups excluding carboxylic acids is 2. The van der Waals surface area contributed by atoms with Crippen LogP contribution < -0.4 is 10.2 Å². The highest BCUT2D eigenvalue weighted by Gasteiger charge is 2.52. The summed E-state index contributed by atoms with van der Waals surface area (Å²) in [5.74, 6) is -0.488. The van der Waals surface area contributed by atoms with E-state index in [4.69, 9.17) is 5.26 Å². The molecule has 0 saturated carbocycles. The highest BCUT2D eigenvalue weighted by atomic mass is 19.4. The van der Waals surface area contributed by atoms with E-state index in [1.54, 1.807) is 18.0 Å². The number of halogens is 3. The van der Waals surface area contributed by atoms with Gasteiger partial charge in [-0.1, -0.05) is 20.8 Å². The van der Waals surface area contributed by atoms with Gasteiger partial charge in [0.1, 0.15) is 0 Å². The highest BCUT2D eigenvalue weighted by molar-refractivity contribution is 5.82. The molecule has 3 rings (SSSR count). The van der Waals surface area contributed by atoms with Crippen LogP contribution in [0.4, 0.5) is 18.9 Å². The van der Waals surface area contributed by atoms with Crippen LogP contribution in [0.2, 0.25) is 0 Å². The lowest BCUT2D eigenvalue weighted by molar-refractivity contribution is -0.142. The van der Waals surface area contributed by atoms with Crippen LogP contribution in [0.5, 0.6) is 0 Å². The number of nitrogens with zero attached hydrogens (tertiary/aromatic N) is 3. The molecule has 1 N–H and O–H groups in total. The summed E-state index contributed by atoms with van der Waals surface area (Å²) in [4.78, 5) is 29.0. The van der Waals surface area contributed by atoms with E-state index >= 15 is 0 Å². The summed E-state index contributed by atoms with van der Waals surface area (Å²) >= 11 is 0. The Kier molecular flexibility index (Phi) is 6.20. The average Bonchev–Trinajstić information content (AvgIpc) is 3.10. The third-order valence-electron chi connectivity index (χ3n) is 6.69. The molecule has 1 atom stereocenters. The Bertz CT molecular complexity index is 938. The molecule has 2 aliphatic rings. The van der Waals surface area contributed by atoms with Gasteiger partial charge in [0.25, 0.3) is 0 Å². The van der Waals surface area contributed by atoms with Crippen molar-refractivity contribution in [1.29, 1.82) is 5.26 Å². The second-order valence-corrected chi connectivity index (χ2v) is 9.79. The quantitative estimate of drug-likeness (QED) is 0.749. The van der Waals surface area contributed by atoms with Gasteiger partial charge in [0.05, 0.1) is 23.1 Å². The van der Waals surface area contributed by atoms with Gasteiger partial charge in [-0.3, -0.25) is 9.59 Å². The Morgan fingerprint density at radius 3 is 2.31 bits per heavy atom. The number of carbonyl (C=O) groups is 2. The van der Waals surface area contributed by atoms with Crippen LogP contribution in [0.25, 0.3) is 0 Å². The lowest BCUT2D eigenvalue weighted by Crippen LogP contribution is -2.51. The van der Waals surface area contributed by atoms with E-state index in [-0.39, 0.29) is 18.4 Å². The van der Waals surface area contributed by atoms with Gasteiger partial charge < -0.3 is 15.1 Å². The van der Waals surface area contributed by atoms with E-state index < -0.39 is 34.1 Å². The maximum Gasteiger partial charge on any atom is 0.417 e. The summed E-state index contributed by atoms with van der Waals surface area (Å²) < 4.78 is 40.4.